The molecule has 0 bridgehead atoms. The molecule has 462 valence electrons. The molecule has 87 heavy (non-hydrogen) atoms. The van der Waals surface area contributed by atoms with Gasteiger partial charge in [0.15, 0.2) is 0 Å². The van der Waals surface area contributed by atoms with E-state index >= 15 is 0 Å². The minimum atomic E-state index is 0.245. The SMILES string of the molecule is CC1(C)CCC(C)(C)c2c1ccc1c2-c2c(ccc3c2C(C)(C)CCC3(C)C)C1.CC1(C)CCC(C)(C)c2c1ccc1c2Cc2c-1ccc1c2C(C)(C)CCC1(C)C.CC1(C)CCC(C)(C)c2cc3c(cc21)Cc1cc2c(cc1-3)C(C)(C)CCC2(C)C. The summed E-state index contributed by atoms with van der Waals surface area (Å²) >= 11 is 0. The van der Waals surface area contributed by atoms with Crippen LogP contribution >= 0.6 is 0 Å². The molecule has 6 aromatic carbocycles. The maximum absolute atomic E-state index is 2.59. The van der Waals surface area contributed by atoms with Crippen molar-refractivity contribution in [3.05, 3.63) is 173 Å². The van der Waals surface area contributed by atoms with E-state index in [9.17, 15) is 0 Å². The first-order valence-corrected chi connectivity index (χ1v) is 35.1. The predicted octanol–water partition coefficient (Wildman–Crippen LogP) is 23.9. The Hall–Kier alpha value is -4.68. The van der Waals surface area contributed by atoms with Gasteiger partial charge in [-0.1, -0.05) is 239 Å². The normalized spacial score (nSPS) is 24.3. The molecule has 9 aliphatic carbocycles. The fourth-order valence-corrected chi connectivity index (χ4v) is 19.8. The van der Waals surface area contributed by atoms with Gasteiger partial charge in [0, 0.05) is 0 Å². The van der Waals surface area contributed by atoms with Crippen LogP contribution in [0.15, 0.2) is 72.8 Å². The minimum absolute atomic E-state index is 0.245. The second-order valence-electron chi connectivity index (χ2n) is 38.3. The van der Waals surface area contributed by atoms with Gasteiger partial charge in [-0.15, -0.1) is 0 Å². The van der Waals surface area contributed by atoms with Gasteiger partial charge in [0.25, 0.3) is 0 Å². The Kier molecular flexibility index (Phi) is 13.3. The summed E-state index contributed by atoms with van der Waals surface area (Å²) in [5.41, 5.74) is 41.6. The van der Waals surface area contributed by atoms with Gasteiger partial charge in [0.05, 0.1) is 0 Å². The summed E-state index contributed by atoms with van der Waals surface area (Å²) in [5, 5.41) is 0. The van der Waals surface area contributed by atoms with Crippen molar-refractivity contribution in [1.82, 2.24) is 0 Å². The van der Waals surface area contributed by atoms with Crippen LogP contribution in [0.25, 0.3) is 33.4 Å². The van der Waals surface area contributed by atoms with Crippen molar-refractivity contribution in [2.24, 2.45) is 0 Å². The largest absolute Gasteiger partial charge is 0.0579 e. The highest BCUT2D eigenvalue weighted by molar-refractivity contribution is 5.87. The number of benzene rings is 6. The summed E-state index contributed by atoms with van der Waals surface area (Å²) in [5.74, 6) is 0. The van der Waals surface area contributed by atoms with Crippen LogP contribution in [0, 0.1) is 0 Å². The summed E-state index contributed by atoms with van der Waals surface area (Å²) in [7, 11) is 0. The highest BCUT2D eigenvalue weighted by Gasteiger charge is 2.48. The molecule has 0 aliphatic heterocycles. The molecule has 0 aromatic heterocycles. The van der Waals surface area contributed by atoms with Crippen molar-refractivity contribution < 1.29 is 0 Å². The van der Waals surface area contributed by atoms with Crippen LogP contribution in [-0.2, 0) is 84.2 Å². The predicted molar refractivity (Wildman–Crippen MR) is 376 cm³/mol. The molecule has 0 amide bonds. The van der Waals surface area contributed by atoms with Crippen molar-refractivity contribution in [2.45, 2.75) is 327 Å². The summed E-state index contributed by atoms with van der Waals surface area (Å²) < 4.78 is 0. The molecule has 0 heterocycles. The fraction of sp³-hybridized carbons (Fsp3) is 0.586. The maximum atomic E-state index is 2.59. The lowest BCUT2D eigenvalue weighted by atomic mass is 9.59. The van der Waals surface area contributed by atoms with Crippen molar-refractivity contribution in [3.8, 4) is 33.4 Å². The molecule has 6 aromatic rings. The number of hydrogen-bond acceptors (Lipinski definition) is 0. The van der Waals surface area contributed by atoms with Crippen LogP contribution in [0.3, 0.4) is 0 Å². The Morgan fingerprint density at radius 3 is 0.736 bits per heavy atom. The van der Waals surface area contributed by atoms with Gasteiger partial charge in [-0.2, -0.15) is 0 Å². The third kappa shape index (κ3) is 9.40. The van der Waals surface area contributed by atoms with Gasteiger partial charge in [-0.25, -0.2) is 0 Å². The van der Waals surface area contributed by atoms with Gasteiger partial charge < -0.3 is 0 Å². The third-order valence-electron chi connectivity index (χ3n) is 26.4. The van der Waals surface area contributed by atoms with E-state index in [1.807, 2.05) is 0 Å². The first-order valence-electron chi connectivity index (χ1n) is 35.1. The van der Waals surface area contributed by atoms with E-state index in [0.717, 1.165) is 19.3 Å². The van der Waals surface area contributed by atoms with Crippen molar-refractivity contribution in [2.75, 3.05) is 0 Å². The van der Waals surface area contributed by atoms with E-state index in [1.165, 1.54) is 99.3 Å². The summed E-state index contributed by atoms with van der Waals surface area (Å²) in [4.78, 5) is 0. The number of fused-ring (bicyclic) bond motifs is 19. The molecule has 0 saturated heterocycles. The van der Waals surface area contributed by atoms with E-state index < -0.39 is 0 Å². The highest BCUT2D eigenvalue weighted by atomic mass is 14.5. The van der Waals surface area contributed by atoms with E-state index in [-0.39, 0.29) is 65.0 Å². The standard InChI is InChI=1S/3C29H38/c1-26(2)9-11-28(5,6)24-16-20-18(14-22(24)26)13-19-15-23-25(17-21(19)20)29(7,8)12-10-27(23,3)4;1-26(2)13-15-28(5,6)24-20-17-21-19(18(20)9-11-22(24)26)10-12-23-25(21)29(7,8)16-14-27(23,3)4;1-26(2)13-15-28(5,6)24-20(26)11-9-18-17-19-10-12-21-25(23(19)22(18)24)29(7,8)16-14-27(21,3)4/h14-17H,9-13H2,1-8H3;2*9-12H,13-17H2,1-8H3. The summed E-state index contributed by atoms with van der Waals surface area (Å²) in [6.07, 6.45) is 18.8. The molecule has 0 radical (unpaired) electrons. The first kappa shape index (κ1) is 61.2. The quantitative estimate of drug-likeness (QED) is 0.142. The molecule has 0 atom stereocenters. The Balaban J connectivity index is 0.000000121. The van der Waals surface area contributed by atoms with Crippen LogP contribution in [0.2, 0.25) is 0 Å². The van der Waals surface area contributed by atoms with Gasteiger partial charge in [0.2, 0.25) is 0 Å². The smallest absolute Gasteiger partial charge is 0.000735 e. The number of hydrogen-bond donors (Lipinski definition) is 0. The van der Waals surface area contributed by atoms with E-state index in [4.69, 9.17) is 0 Å². The van der Waals surface area contributed by atoms with Crippen molar-refractivity contribution in [3.63, 3.8) is 0 Å². The molecule has 0 N–H and O–H groups in total. The van der Waals surface area contributed by atoms with E-state index in [2.05, 4.69) is 239 Å². The topological polar surface area (TPSA) is 0 Å². The van der Waals surface area contributed by atoms with E-state index in [0.29, 0.717) is 0 Å². The summed E-state index contributed by atoms with van der Waals surface area (Å²) in [6.45, 7) is 59.0. The average Bonchev–Trinajstić information content (AvgIpc) is 1.64. The van der Waals surface area contributed by atoms with Crippen molar-refractivity contribution >= 4 is 0 Å². The van der Waals surface area contributed by atoms with Crippen LogP contribution in [-0.4, -0.2) is 0 Å². The molecular formula is C87H114. The Morgan fingerprint density at radius 2 is 0.425 bits per heavy atom. The van der Waals surface area contributed by atoms with Crippen molar-refractivity contribution in [1.29, 1.82) is 0 Å². The van der Waals surface area contributed by atoms with E-state index in [1.54, 1.807) is 111 Å². The minimum Gasteiger partial charge on any atom is -0.0579 e. The molecular weight excluding hydrogens is 1040 g/mol. The molecule has 0 fully saturated rings. The second kappa shape index (κ2) is 19.0. The first-order chi connectivity index (χ1) is 40.0. The number of rotatable bonds is 0. The molecule has 0 heteroatoms. The lowest BCUT2D eigenvalue weighted by molar-refractivity contribution is 0.328. The molecule has 0 saturated carbocycles. The van der Waals surface area contributed by atoms with Gasteiger partial charge >= 0.3 is 0 Å². The van der Waals surface area contributed by atoms with Crippen LogP contribution in [0.4, 0.5) is 0 Å². The maximum Gasteiger partial charge on any atom is -0.000735 e. The fourth-order valence-electron chi connectivity index (χ4n) is 19.8. The monoisotopic (exact) mass is 1160 g/mol. The zero-order valence-corrected chi connectivity index (χ0v) is 59.5. The zero-order chi connectivity index (χ0) is 62.9. The second-order valence-corrected chi connectivity index (χ2v) is 38.3. The summed E-state index contributed by atoms with van der Waals surface area (Å²) in [6, 6.07) is 30.1. The van der Waals surface area contributed by atoms with Gasteiger partial charge in [-0.3, -0.25) is 0 Å². The van der Waals surface area contributed by atoms with Crippen LogP contribution < -0.4 is 0 Å². The highest BCUT2D eigenvalue weighted by Crippen LogP contribution is 2.61. The molecule has 15 rings (SSSR count). The van der Waals surface area contributed by atoms with Crippen LogP contribution in [0.1, 0.15) is 343 Å². The van der Waals surface area contributed by atoms with Crippen LogP contribution in [0.5, 0.6) is 0 Å². The lowest BCUT2D eigenvalue weighted by Crippen LogP contribution is -2.36. The Morgan fingerprint density at radius 1 is 0.195 bits per heavy atom. The Labute approximate surface area is 530 Å². The average molecular weight is 1160 g/mol. The molecule has 0 spiro atoms. The third-order valence-corrected chi connectivity index (χ3v) is 26.4. The zero-order valence-electron chi connectivity index (χ0n) is 59.5. The Bertz CT molecular complexity index is 3630. The lowest BCUT2D eigenvalue weighted by Gasteiger charge is -2.45. The molecule has 0 nitrogen and oxygen atoms in total. The van der Waals surface area contributed by atoms with Gasteiger partial charge in [0.1, 0.15) is 0 Å². The van der Waals surface area contributed by atoms with Gasteiger partial charge in [-0.05, 0) is 295 Å². The molecule has 9 aliphatic rings. The molecule has 0 unspecified atom stereocenters.